The number of rotatable bonds is 3. The summed E-state index contributed by atoms with van der Waals surface area (Å²) in [6.07, 6.45) is 1.78. The SMILES string of the molecule is Oc1ccccc1C(C1=NCCN1)c1nccs1. The van der Waals surface area contributed by atoms with Crippen molar-refractivity contribution in [3.05, 3.63) is 46.4 Å². The molecule has 0 bridgehead atoms. The lowest BCUT2D eigenvalue weighted by atomic mass is 9.97. The molecular formula is C13H13N3OS. The maximum absolute atomic E-state index is 10.0. The van der Waals surface area contributed by atoms with Gasteiger partial charge in [-0.25, -0.2) is 4.98 Å². The number of thiazole rings is 1. The van der Waals surface area contributed by atoms with Crippen molar-refractivity contribution in [1.29, 1.82) is 0 Å². The van der Waals surface area contributed by atoms with Gasteiger partial charge in [-0.2, -0.15) is 0 Å². The van der Waals surface area contributed by atoms with Gasteiger partial charge < -0.3 is 10.4 Å². The zero-order chi connectivity index (χ0) is 12.4. The Morgan fingerprint density at radius 3 is 2.89 bits per heavy atom. The van der Waals surface area contributed by atoms with Gasteiger partial charge in [-0.1, -0.05) is 18.2 Å². The molecule has 1 aromatic carbocycles. The molecule has 0 fully saturated rings. The normalized spacial score (nSPS) is 16.1. The Labute approximate surface area is 109 Å². The number of phenols is 1. The molecule has 0 saturated carbocycles. The molecule has 0 spiro atoms. The van der Waals surface area contributed by atoms with E-state index in [1.165, 1.54) is 0 Å². The Bertz CT molecular complexity index is 565. The Morgan fingerprint density at radius 1 is 1.33 bits per heavy atom. The van der Waals surface area contributed by atoms with Crippen LogP contribution in [-0.4, -0.2) is 29.0 Å². The van der Waals surface area contributed by atoms with E-state index in [1.807, 2.05) is 23.6 Å². The van der Waals surface area contributed by atoms with Gasteiger partial charge in [0.25, 0.3) is 0 Å². The highest BCUT2D eigenvalue weighted by molar-refractivity contribution is 7.09. The number of benzene rings is 1. The summed E-state index contributed by atoms with van der Waals surface area (Å²) in [5, 5.41) is 16.2. The Balaban J connectivity index is 2.08. The topological polar surface area (TPSA) is 57.5 Å². The summed E-state index contributed by atoms with van der Waals surface area (Å²) >= 11 is 1.58. The van der Waals surface area contributed by atoms with Crippen molar-refractivity contribution in [3.63, 3.8) is 0 Å². The lowest BCUT2D eigenvalue weighted by molar-refractivity contribution is 0.468. The molecular weight excluding hydrogens is 246 g/mol. The number of phenolic OH excluding ortho intramolecular Hbond substituents is 1. The van der Waals surface area contributed by atoms with Gasteiger partial charge in [0.2, 0.25) is 0 Å². The molecule has 0 saturated heterocycles. The third kappa shape index (κ3) is 1.97. The van der Waals surface area contributed by atoms with Crippen LogP contribution in [0.25, 0.3) is 0 Å². The second-order valence-electron chi connectivity index (χ2n) is 4.06. The maximum atomic E-state index is 10.0. The summed E-state index contributed by atoms with van der Waals surface area (Å²) in [5.74, 6) is 1.09. The molecule has 1 atom stereocenters. The zero-order valence-corrected chi connectivity index (χ0v) is 10.5. The molecule has 92 valence electrons. The lowest BCUT2D eigenvalue weighted by Crippen LogP contribution is -2.26. The monoisotopic (exact) mass is 259 g/mol. The Hall–Kier alpha value is -1.88. The van der Waals surface area contributed by atoms with Crippen molar-refractivity contribution >= 4 is 17.2 Å². The van der Waals surface area contributed by atoms with Gasteiger partial charge in [-0.05, 0) is 6.07 Å². The third-order valence-electron chi connectivity index (χ3n) is 2.92. The van der Waals surface area contributed by atoms with Crippen molar-refractivity contribution in [2.75, 3.05) is 13.1 Å². The first-order valence-corrected chi connectivity index (χ1v) is 6.69. The van der Waals surface area contributed by atoms with Crippen molar-refractivity contribution in [1.82, 2.24) is 10.3 Å². The van der Waals surface area contributed by atoms with Crippen LogP contribution in [0.3, 0.4) is 0 Å². The van der Waals surface area contributed by atoms with E-state index in [-0.39, 0.29) is 11.7 Å². The average molecular weight is 259 g/mol. The second kappa shape index (κ2) is 4.78. The minimum Gasteiger partial charge on any atom is -0.508 e. The number of hydrogen-bond donors (Lipinski definition) is 2. The molecule has 1 aliphatic heterocycles. The van der Waals surface area contributed by atoms with Crippen molar-refractivity contribution in [3.8, 4) is 5.75 Å². The molecule has 2 heterocycles. The molecule has 0 amide bonds. The Kier molecular flexibility index (Phi) is 2.98. The summed E-state index contributed by atoms with van der Waals surface area (Å²) < 4.78 is 0. The van der Waals surface area contributed by atoms with E-state index in [0.717, 1.165) is 29.5 Å². The van der Waals surface area contributed by atoms with Crippen molar-refractivity contribution in [2.24, 2.45) is 4.99 Å². The van der Waals surface area contributed by atoms with Crippen LogP contribution in [0.4, 0.5) is 0 Å². The van der Waals surface area contributed by atoms with E-state index in [0.29, 0.717) is 0 Å². The number of nitrogens with zero attached hydrogens (tertiary/aromatic N) is 2. The fraction of sp³-hybridized carbons (Fsp3) is 0.231. The van der Waals surface area contributed by atoms with E-state index in [4.69, 9.17) is 0 Å². The van der Waals surface area contributed by atoms with Crippen molar-refractivity contribution in [2.45, 2.75) is 5.92 Å². The quantitative estimate of drug-likeness (QED) is 0.886. The predicted molar refractivity (Wildman–Crippen MR) is 72.4 cm³/mol. The molecule has 18 heavy (non-hydrogen) atoms. The summed E-state index contributed by atoms with van der Waals surface area (Å²) in [4.78, 5) is 8.84. The molecule has 5 heteroatoms. The van der Waals surface area contributed by atoms with Gasteiger partial charge in [0.15, 0.2) is 0 Å². The number of aromatic hydroxyl groups is 1. The number of aromatic nitrogens is 1. The standard InChI is InChI=1S/C13H13N3OS/c17-10-4-2-1-3-9(10)11(12-14-5-6-15-12)13-16-7-8-18-13/h1-4,7-8,11,17H,5-6H2,(H,14,15). The smallest absolute Gasteiger partial charge is 0.119 e. The molecule has 1 aromatic heterocycles. The highest BCUT2D eigenvalue weighted by atomic mass is 32.1. The van der Waals surface area contributed by atoms with Crippen LogP contribution < -0.4 is 5.32 Å². The maximum Gasteiger partial charge on any atom is 0.119 e. The van der Waals surface area contributed by atoms with Gasteiger partial charge in [0, 0.05) is 23.7 Å². The molecule has 2 aromatic rings. The summed E-state index contributed by atoms with van der Waals surface area (Å²) in [7, 11) is 0. The molecule has 0 radical (unpaired) electrons. The zero-order valence-electron chi connectivity index (χ0n) is 9.71. The van der Waals surface area contributed by atoms with Crippen LogP contribution in [0.5, 0.6) is 5.75 Å². The minimum absolute atomic E-state index is 0.0892. The highest BCUT2D eigenvalue weighted by Gasteiger charge is 2.26. The number of aliphatic imine (C=N–C) groups is 1. The molecule has 4 nitrogen and oxygen atoms in total. The third-order valence-corrected chi connectivity index (χ3v) is 3.76. The minimum atomic E-state index is -0.0892. The van der Waals surface area contributed by atoms with E-state index in [1.54, 1.807) is 23.6 Å². The first-order chi connectivity index (χ1) is 8.86. The average Bonchev–Trinajstić information content (AvgIpc) is 3.05. The number of nitrogens with one attached hydrogen (secondary N) is 1. The van der Waals surface area contributed by atoms with Crippen LogP contribution >= 0.6 is 11.3 Å². The summed E-state index contributed by atoms with van der Waals surface area (Å²) in [6, 6.07) is 7.36. The van der Waals surface area contributed by atoms with Crippen LogP contribution in [-0.2, 0) is 0 Å². The van der Waals surface area contributed by atoms with Crippen LogP contribution in [0.15, 0.2) is 40.8 Å². The summed E-state index contributed by atoms with van der Waals surface area (Å²) in [6.45, 7) is 1.63. The van der Waals surface area contributed by atoms with E-state index >= 15 is 0 Å². The van der Waals surface area contributed by atoms with Crippen LogP contribution in [0.1, 0.15) is 16.5 Å². The van der Waals surface area contributed by atoms with Gasteiger partial charge in [-0.15, -0.1) is 11.3 Å². The molecule has 3 rings (SSSR count). The Morgan fingerprint density at radius 2 is 2.22 bits per heavy atom. The van der Waals surface area contributed by atoms with Crippen LogP contribution in [0.2, 0.25) is 0 Å². The highest BCUT2D eigenvalue weighted by Crippen LogP contribution is 2.33. The van der Waals surface area contributed by atoms with Gasteiger partial charge >= 0.3 is 0 Å². The van der Waals surface area contributed by atoms with E-state index in [9.17, 15) is 5.11 Å². The summed E-state index contributed by atoms with van der Waals surface area (Å²) in [5.41, 5.74) is 0.848. The second-order valence-corrected chi connectivity index (χ2v) is 4.98. The fourth-order valence-electron chi connectivity index (χ4n) is 2.12. The lowest BCUT2D eigenvalue weighted by Gasteiger charge is -2.16. The first kappa shape index (κ1) is 11.2. The van der Waals surface area contributed by atoms with Crippen LogP contribution in [0, 0.1) is 0 Å². The molecule has 1 aliphatic rings. The van der Waals surface area contributed by atoms with Gasteiger partial charge in [0.1, 0.15) is 16.6 Å². The van der Waals surface area contributed by atoms with E-state index < -0.39 is 0 Å². The predicted octanol–water partition coefficient (Wildman–Crippen LogP) is 1.98. The molecule has 0 aliphatic carbocycles. The fourth-order valence-corrected chi connectivity index (χ4v) is 2.87. The molecule has 2 N–H and O–H groups in total. The molecule has 1 unspecified atom stereocenters. The number of para-hydroxylation sites is 1. The first-order valence-electron chi connectivity index (χ1n) is 5.82. The number of amidine groups is 1. The number of hydrogen-bond acceptors (Lipinski definition) is 5. The van der Waals surface area contributed by atoms with Gasteiger partial charge in [0.05, 0.1) is 12.5 Å². The largest absolute Gasteiger partial charge is 0.508 e. The van der Waals surface area contributed by atoms with Gasteiger partial charge in [-0.3, -0.25) is 4.99 Å². The van der Waals surface area contributed by atoms with Crippen molar-refractivity contribution < 1.29 is 5.11 Å². The van der Waals surface area contributed by atoms with E-state index in [2.05, 4.69) is 15.3 Å².